The number of aryl methyl sites for hydroxylation is 1. The Morgan fingerprint density at radius 3 is 2.95 bits per heavy atom. The highest BCUT2D eigenvalue weighted by molar-refractivity contribution is 5.62. The average Bonchev–Trinajstić information content (AvgIpc) is 2.95. The first-order valence-corrected chi connectivity index (χ1v) is 6.91. The van der Waals surface area contributed by atoms with Crippen molar-refractivity contribution in [2.45, 2.75) is 27.2 Å². The summed E-state index contributed by atoms with van der Waals surface area (Å²) in [5.41, 5.74) is 4.56. The van der Waals surface area contributed by atoms with Crippen LogP contribution >= 0.6 is 0 Å². The Morgan fingerprint density at radius 1 is 1.45 bits per heavy atom. The van der Waals surface area contributed by atoms with Crippen molar-refractivity contribution in [3.63, 3.8) is 0 Å². The Bertz CT molecular complexity index is 607. The summed E-state index contributed by atoms with van der Waals surface area (Å²) in [7, 11) is 0. The molecule has 0 spiro atoms. The Labute approximate surface area is 120 Å². The van der Waals surface area contributed by atoms with Gasteiger partial charge >= 0.3 is 0 Å². The maximum atomic E-state index is 4.48. The fourth-order valence-corrected chi connectivity index (χ4v) is 2.03. The molecule has 3 nitrogen and oxygen atoms in total. The Kier molecular flexibility index (Phi) is 4.77. The summed E-state index contributed by atoms with van der Waals surface area (Å²) in [5, 5.41) is 3.23. The second-order valence-electron chi connectivity index (χ2n) is 4.81. The lowest BCUT2D eigenvalue weighted by Gasteiger charge is -2.06. The van der Waals surface area contributed by atoms with Crippen LogP contribution in [0, 0.1) is 6.92 Å². The van der Waals surface area contributed by atoms with Gasteiger partial charge in [-0.25, -0.2) is 4.98 Å². The quantitative estimate of drug-likeness (QED) is 0.773. The molecule has 2 aromatic rings. The van der Waals surface area contributed by atoms with Crippen molar-refractivity contribution in [2.24, 2.45) is 0 Å². The van der Waals surface area contributed by atoms with Gasteiger partial charge in [0.25, 0.3) is 0 Å². The minimum atomic E-state index is 0.890. The first kappa shape index (κ1) is 14.1. The van der Waals surface area contributed by atoms with Gasteiger partial charge in [0.2, 0.25) is 0 Å². The van der Waals surface area contributed by atoms with E-state index < -0.39 is 0 Å². The van der Waals surface area contributed by atoms with Crippen molar-refractivity contribution in [1.29, 1.82) is 0 Å². The summed E-state index contributed by atoms with van der Waals surface area (Å²) < 4.78 is 0. The van der Waals surface area contributed by atoms with Gasteiger partial charge in [0.1, 0.15) is 5.82 Å². The van der Waals surface area contributed by atoms with E-state index in [1.54, 1.807) is 0 Å². The molecule has 2 heterocycles. The molecule has 3 heteroatoms. The zero-order valence-electron chi connectivity index (χ0n) is 12.3. The SMILES string of the molecule is CC/C=C(C)/C=C/Nc1ncc(-c2ccc[nH]2)cc1C. The van der Waals surface area contributed by atoms with Crippen molar-refractivity contribution in [3.05, 3.63) is 60.1 Å². The molecule has 0 unspecified atom stereocenters. The number of aromatic amines is 1. The zero-order chi connectivity index (χ0) is 14.4. The normalized spacial score (nSPS) is 12.1. The first-order valence-electron chi connectivity index (χ1n) is 6.91. The van der Waals surface area contributed by atoms with E-state index in [0.717, 1.165) is 29.1 Å². The fraction of sp³-hybridized carbons (Fsp3) is 0.235. The first-order chi connectivity index (χ1) is 9.70. The van der Waals surface area contributed by atoms with Crippen LogP contribution in [0.25, 0.3) is 11.3 Å². The van der Waals surface area contributed by atoms with E-state index in [-0.39, 0.29) is 0 Å². The predicted octanol–water partition coefficient (Wildman–Crippen LogP) is 4.67. The lowest BCUT2D eigenvalue weighted by atomic mass is 10.1. The minimum absolute atomic E-state index is 0.890. The predicted molar refractivity (Wildman–Crippen MR) is 85.6 cm³/mol. The highest BCUT2D eigenvalue weighted by Gasteiger charge is 2.02. The fourth-order valence-electron chi connectivity index (χ4n) is 2.03. The Hall–Kier alpha value is -2.29. The molecular formula is C17H21N3. The molecular weight excluding hydrogens is 246 g/mol. The van der Waals surface area contributed by atoms with Crippen molar-refractivity contribution in [3.8, 4) is 11.3 Å². The third kappa shape index (κ3) is 3.60. The number of allylic oxidation sites excluding steroid dienone is 3. The number of aromatic nitrogens is 2. The van der Waals surface area contributed by atoms with Crippen molar-refractivity contribution in [1.82, 2.24) is 9.97 Å². The molecule has 0 radical (unpaired) electrons. The molecule has 0 saturated carbocycles. The molecule has 0 aromatic carbocycles. The third-order valence-corrected chi connectivity index (χ3v) is 3.08. The van der Waals surface area contributed by atoms with Gasteiger partial charge < -0.3 is 10.3 Å². The van der Waals surface area contributed by atoms with Crippen LogP contribution in [0.3, 0.4) is 0 Å². The maximum Gasteiger partial charge on any atom is 0.132 e. The van der Waals surface area contributed by atoms with E-state index in [0.29, 0.717) is 0 Å². The van der Waals surface area contributed by atoms with Gasteiger partial charge in [0.15, 0.2) is 0 Å². The van der Waals surface area contributed by atoms with E-state index in [2.05, 4.69) is 54.3 Å². The summed E-state index contributed by atoms with van der Waals surface area (Å²) in [5.74, 6) is 0.890. The Morgan fingerprint density at radius 2 is 2.30 bits per heavy atom. The molecule has 0 atom stereocenters. The topological polar surface area (TPSA) is 40.7 Å². The molecule has 0 aliphatic carbocycles. The monoisotopic (exact) mass is 267 g/mol. The standard InChI is InChI=1S/C17H21N3/c1-4-6-13(2)8-10-19-17-14(3)11-15(12-20-17)16-7-5-9-18-16/h5-12,18H,4H2,1-3H3,(H,19,20)/b10-8+,13-6+. The van der Waals surface area contributed by atoms with Gasteiger partial charge in [-0.3, -0.25) is 0 Å². The van der Waals surface area contributed by atoms with Crippen LogP contribution in [-0.4, -0.2) is 9.97 Å². The molecule has 0 saturated heterocycles. The number of nitrogens with zero attached hydrogens (tertiary/aromatic N) is 1. The van der Waals surface area contributed by atoms with Crippen molar-refractivity contribution in [2.75, 3.05) is 5.32 Å². The second-order valence-corrected chi connectivity index (χ2v) is 4.81. The van der Waals surface area contributed by atoms with Crippen LogP contribution in [0.15, 0.2) is 54.5 Å². The molecule has 20 heavy (non-hydrogen) atoms. The Balaban J connectivity index is 2.09. The summed E-state index contributed by atoms with van der Waals surface area (Å²) in [6.07, 6.45) is 11.0. The highest BCUT2D eigenvalue weighted by Crippen LogP contribution is 2.21. The summed E-state index contributed by atoms with van der Waals surface area (Å²) in [4.78, 5) is 7.67. The van der Waals surface area contributed by atoms with Crippen LogP contribution in [-0.2, 0) is 0 Å². The third-order valence-electron chi connectivity index (χ3n) is 3.08. The van der Waals surface area contributed by atoms with Gasteiger partial charge in [0, 0.05) is 29.9 Å². The molecule has 2 N–H and O–H groups in total. The molecule has 2 rings (SSSR count). The summed E-state index contributed by atoms with van der Waals surface area (Å²) in [6, 6.07) is 6.16. The lowest BCUT2D eigenvalue weighted by molar-refractivity contribution is 1.19. The van der Waals surface area contributed by atoms with Crippen LogP contribution in [0.1, 0.15) is 25.8 Å². The molecule has 0 amide bonds. The average molecular weight is 267 g/mol. The molecule has 2 aromatic heterocycles. The van der Waals surface area contributed by atoms with Crippen molar-refractivity contribution >= 4 is 5.82 Å². The number of pyridine rings is 1. The van der Waals surface area contributed by atoms with Crippen LogP contribution in [0.5, 0.6) is 0 Å². The maximum absolute atomic E-state index is 4.48. The number of anilines is 1. The highest BCUT2D eigenvalue weighted by atomic mass is 15.0. The second kappa shape index (κ2) is 6.75. The molecule has 104 valence electrons. The molecule has 0 bridgehead atoms. The van der Waals surface area contributed by atoms with E-state index >= 15 is 0 Å². The van der Waals surface area contributed by atoms with Crippen molar-refractivity contribution < 1.29 is 0 Å². The van der Waals surface area contributed by atoms with Gasteiger partial charge in [-0.05, 0) is 50.1 Å². The zero-order valence-corrected chi connectivity index (χ0v) is 12.3. The lowest BCUT2D eigenvalue weighted by Crippen LogP contribution is -1.95. The minimum Gasteiger partial charge on any atom is -0.361 e. The van der Waals surface area contributed by atoms with E-state index in [9.17, 15) is 0 Å². The number of hydrogen-bond acceptors (Lipinski definition) is 2. The number of H-pyrrole nitrogens is 1. The van der Waals surface area contributed by atoms with E-state index in [1.807, 2.05) is 30.7 Å². The smallest absolute Gasteiger partial charge is 0.132 e. The van der Waals surface area contributed by atoms with E-state index in [4.69, 9.17) is 0 Å². The molecule has 0 aliphatic heterocycles. The number of rotatable bonds is 5. The van der Waals surface area contributed by atoms with Crippen LogP contribution < -0.4 is 5.32 Å². The largest absolute Gasteiger partial charge is 0.361 e. The van der Waals surface area contributed by atoms with Crippen LogP contribution in [0.4, 0.5) is 5.82 Å². The molecule has 0 aliphatic rings. The summed E-state index contributed by atoms with van der Waals surface area (Å²) >= 11 is 0. The van der Waals surface area contributed by atoms with Gasteiger partial charge in [-0.1, -0.05) is 18.6 Å². The van der Waals surface area contributed by atoms with Crippen LogP contribution in [0.2, 0.25) is 0 Å². The molecule has 0 fully saturated rings. The van der Waals surface area contributed by atoms with Gasteiger partial charge in [-0.15, -0.1) is 0 Å². The van der Waals surface area contributed by atoms with Gasteiger partial charge in [0.05, 0.1) is 0 Å². The summed E-state index contributed by atoms with van der Waals surface area (Å²) in [6.45, 7) is 6.29. The number of hydrogen-bond donors (Lipinski definition) is 2. The number of nitrogens with one attached hydrogen (secondary N) is 2. The van der Waals surface area contributed by atoms with E-state index in [1.165, 1.54) is 5.57 Å². The van der Waals surface area contributed by atoms with Gasteiger partial charge in [-0.2, -0.15) is 0 Å².